The Balaban J connectivity index is 1.99. The Hall–Kier alpha value is -1.06. The summed E-state index contributed by atoms with van der Waals surface area (Å²) in [5.74, 6) is 0.872. The first-order valence-corrected chi connectivity index (χ1v) is 4.83. The van der Waals surface area contributed by atoms with Crippen molar-refractivity contribution in [1.82, 2.24) is 5.73 Å². The van der Waals surface area contributed by atoms with Crippen molar-refractivity contribution in [2.45, 2.75) is 6.42 Å². The van der Waals surface area contributed by atoms with Gasteiger partial charge < -0.3 is 9.47 Å². The van der Waals surface area contributed by atoms with Crippen LogP contribution in [0.25, 0.3) is 0 Å². The van der Waals surface area contributed by atoms with Crippen LogP contribution in [-0.4, -0.2) is 26.4 Å². The fourth-order valence-electron chi connectivity index (χ4n) is 1.01. The predicted octanol–water partition coefficient (Wildman–Crippen LogP) is 1.76. The third kappa shape index (κ3) is 4.84. The summed E-state index contributed by atoms with van der Waals surface area (Å²) in [4.78, 5) is 0. The molecule has 0 fully saturated rings. The number of ether oxygens (including phenoxy) is 2. The van der Waals surface area contributed by atoms with Crippen molar-refractivity contribution in [2.24, 2.45) is 0 Å². The summed E-state index contributed by atoms with van der Waals surface area (Å²) in [5.41, 5.74) is 6.91. The lowest BCUT2D eigenvalue weighted by molar-refractivity contribution is 0.0993. The van der Waals surface area contributed by atoms with Crippen LogP contribution in [0.3, 0.4) is 0 Å². The Bertz CT molecular complexity index is 226. The van der Waals surface area contributed by atoms with Gasteiger partial charge in [0.25, 0.3) is 0 Å². The van der Waals surface area contributed by atoms with Crippen molar-refractivity contribution < 1.29 is 9.47 Å². The molecule has 0 heterocycles. The average Bonchev–Trinajstić information content (AvgIpc) is 2.25. The van der Waals surface area contributed by atoms with Crippen LogP contribution in [0.15, 0.2) is 30.3 Å². The van der Waals surface area contributed by atoms with Crippen molar-refractivity contribution >= 4 is 0 Å². The first-order chi connectivity index (χ1) is 6.93. The molecule has 0 spiro atoms. The molecule has 3 heteroatoms. The second-order valence-electron chi connectivity index (χ2n) is 2.88. The van der Waals surface area contributed by atoms with E-state index in [4.69, 9.17) is 15.2 Å². The standard InChI is InChI=1S/C11H16NO2/c12-7-4-8-13-9-10-14-11-5-2-1-3-6-11/h1-3,5-6,12H,4,7-10H2. The normalized spacial score (nSPS) is 10.1. The molecule has 0 saturated carbocycles. The van der Waals surface area contributed by atoms with E-state index in [2.05, 4.69) is 0 Å². The Kier molecular flexibility index (Phi) is 5.79. The molecule has 0 unspecified atom stereocenters. The van der Waals surface area contributed by atoms with Crippen molar-refractivity contribution in [1.29, 1.82) is 0 Å². The monoisotopic (exact) mass is 194 g/mol. The van der Waals surface area contributed by atoms with E-state index in [-0.39, 0.29) is 0 Å². The van der Waals surface area contributed by atoms with Gasteiger partial charge in [0, 0.05) is 13.2 Å². The van der Waals surface area contributed by atoms with Crippen LogP contribution in [-0.2, 0) is 4.74 Å². The van der Waals surface area contributed by atoms with Gasteiger partial charge in [0.1, 0.15) is 12.4 Å². The number of benzene rings is 1. The van der Waals surface area contributed by atoms with Crippen molar-refractivity contribution in [3.05, 3.63) is 30.3 Å². The lowest BCUT2D eigenvalue weighted by Crippen LogP contribution is -2.08. The van der Waals surface area contributed by atoms with E-state index in [1.54, 1.807) is 0 Å². The van der Waals surface area contributed by atoms with Gasteiger partial charge in [0.15, 0.2) is 0 Å². The van der Waals surface area contributed by atoms with Gasteiger partial charge in [-0.1, -0.05) is 18.2 Å². The average molecular weight is 194 g/mol. The maximum Gasteiger partial charge on any atom is 0.119 e. The Morgan fingerprint density at radius 2 is 1.79 bits per heavy atom. The van der Waals surface area contributed by atoms with Crippen molar-refractivity contribution in [2.75, 3.05) is 26.4 Å². The highest BCUT2D eigenvalue weighted by Gasteiger charge is 1.91. The van der Waals surface area contributed by atoms with Gasteiger partial charge in [-0.15, -0.1) is 0 Å². The van der Waals surface area contributed by atoms with Crippen molar-refractivity contribution in [3.8, 4) is 5.75 Å². The molecule has 14 heavy (non-hydrogen) atoms. The molecule has 0 aliphatic carbocycles. The summed E-state index contributed by atoms with van der Waals surface area (Å²) in [7, 11) is 0. The van der Waals surface area contributed by atoms with Crippen LogP contribution < -0.4 is 10.5 Å². The number of hydrogen-bond donors (Lipinski definition) is 0. The smallest absolute Gasteiger partial charge is 0.119 e. The van der Waals surface area contributed by atoms with E-state index in [0.29, 0.717) is 26.4 Å². The third-order valence-corrected chi connectivity index (χ3v) is 1.71. The molecular formula is C11H16NO2. The van der Waals surface area contributed by atoms with Crippen LogP contribution in [0.5, 0.6) is 5.75 Å². The lowest BCUT2D eigenvalue weighted by atomic mass is 10.3. The maximum atomic E-state index is 6.91. The maximum absolute atomic E-state index is 6.91. The van der Waals surface area contributed by atoms with E-state index in [1.807, 2.05) is 30.3 Å². The minimum absolute atomic E-state index is 0.430. The molecule has 77 valence electrons. The van der Waals surface area contributed by atoms with Crippen LogP contribution in [0.1, 0.15) is 6.42 Å². The number of hydrogen-bond acceptors (Lipinski definition) is 2. The van der Waals surface area contributed by atoms with Crippen molar-refractivity contribution in [3.63, 3.8) is 0 Å². The molecule has 1 N–H and O–H groups in total. The molecule has 0 bridgehead atoms. The molecule has 0 aromatic heterocycles. The van der Waals surface area contributed by atoms with Gasteiger partial charge in [0.2, 0.25) is 0 Å². The summed E-state index contributed by atoms with van der Waals surface area (Å²) in [6.45, 7) is 2.25. The topological polar surface area (TPSA) is 42.3 Å². The molecule has 1 aromatic carbocycles. The summed E-state index contributed by atoms with van der Waals surface area (Å²) in [6, 6.07) is 9.68. The van der Waals surface area contributed by atoms with Crippen LogP contribution in [0, 0.1) is 0 Å². The first-order valence-electron chi connectivity index (χ1n) is 4.83. The first kappa shape index (κ1) is 11.0. The molecule has 0 aliphatic rings. The van der Waals surface area contributed by atoms with E-state index in [0.717, 1.165) is 12.2 Å². The Labute approximate surface area is 84.8 Å². The van der Waals surface area contributed by atoms with E-state index in [9.17, 15) is 0 Å². The Morgan fingerprint density at radius 1 is 1.00 bits per heavy atom. The molecule has 0 amide bonds. The molecule has 1 rings (SSSR count). The highest BCUT2D eigenvalue weighted by atomic mass is 16.5. The fourth-order valence-corrected chi connectivity index (χ4v) is 1.01. The molecule has 1 radical (unpaired) electrons. The van der Waals surface area contributed by atoms with E-state index < -0.39 is 0 Å². The molecule has 3 nitrogen and oxygen atoms in total. The second kappa shape index (κ2) is 7.35. The van der Waals surface area contributed by atoms with Gasteiger partial charge >= 0.3 is 0 Å². The number of nitrogens with one attached hydrogen (secondary N) is 1. The minimum atomic E-state index is 0.430. The molecule has 0 aliphatic heterocycles. The van der Waals surface area contributed by atoms with Crippen LogP contribution >= 0.6 is 0 Å². The minimum Gasteiger partial charge on any atom is -0.491 e. The third-order valence-electron chi connectivity index (χ3n) is 1.71. The number of para-hydroxylation sites is 1. The zero-order chi connectivity index (χ0) is 10.1. The van der Waals surface area contributed by atoms with Crippen LogP contribution in [0.2, 0.25) is 0 Å². The molecule has 0 saturated heterocycles. The quantitative estimate of drug-likeness (QED) is 0.620. The molecule has 1 aromatic rings. The van der Waals surface area contributed by atoms with Gasteiger partial charge in [0.05, 0.1) is 6.61 Å². The van der Waals surface area contributed by atoms with E-state index >= 15 is 0 Å². The SMILES string of the molecule is [NH]CCCOCCOc1ccccc1. The lowest BCUT2D eigenvalue weighted by Gasteiger charge is -2.06. The second-order valence-corrected chi connectivity index (χ2v) is 2.88. The summed E-state index contributed by atoms with van der Waals surface area (Å²) in [5, 5.41) is 0. The highest BCUT2D eigenvalue weighted by molar-refractivity contribution is 5.20. The predicted molar refractivity (Wildman–Crippen MR) is 55.3 cm³/mol. The molecular weight excluding hydrogens is 178 g/mol. The molecule has 0 atom stereocenters. The zero-order valence-corrected chi connectivity index (χ0v) is 8.24. The summed E-state index contributed by atoms with van der Waals surface area (Å²) in [6.07, 6.45) is 0.797. The number of rotatable bonds is 7. The highest BCUT2D eigenvalue weighted by Crippen LogP contribution is 2.07. The largest absolute Gasteiger partial charge is 0.491 e. The van der Waals surface area contributed by atoms with Gasteiger partial charge in [-0.05, 0) is 18.6 Å². The summed E-state index contributed by atoms with van der Waals surface area (Å²) < 4.78 is 10.7. The van der Waals surface area contributed by atoms with E-state index in [1.165, 1.54) is 0 Å². The van der Waals surface area contributed by atoms with Gasteiger partial charge in [-0.25, -0.2) is 0 Å². The van der Waals surface area contributed by atoms with Gasteiger partial charge in [-0.3, -0.25) is 5.73 Å². The summed E-state index contributed by atoms with van der Waals surface area (Å²) >= 11 is 0. The zero-order valence-electron chi connectivity index (χ0n) is 8.24. The van der Waals surface area contributed by atoms with Gasteiger partial charge in [-0.2, -0.15) is 0 Å². The fraction of sp³-hybridized carbons (Fsp3) is 0.455. The van der Waals surface area contributed by atoms with Crippen LogP contribution in [0.4, 0.5) is 0 Å². The Morgan fingerprint density at radius 3 is 2.50 bits per heavy atom.